The summed E-state index contributed by atoms with van der Waals surface area (Å²) in [7, 11) is 0. The Hall–Kier alpha value is -0.960. The summed E-state index contributed by atoms with van der Waals surface area (Å²) in [4.78, 5) is 11.8. The third-order valence-corrected chi connectivity index (χ3v) is 3.77. The summed E-state index contributed by atoms with van der Waals surface area (Å²) in [6.07, 6.45) is 6.04. The molecular formula is C14H21N3. The maximum Gasteiger partial charge on any atom is 0.131 e. The van der Waals surface area contributed by atoms with Crippen LogP contribution in [0.1, 0.15) is 49.7 Å². The Morgan fingerprint density at radius 2 is 2.24 bits per heavy atom. The van der Waals surface area contributed by atoms with Crippen molar-refractivity contribution in [2.75, 3.05) is 13.1 Å². The third kappa shape index (κ3) is 2.49. The first-order chi connectivity index (χ1) is 8.22. The predicted octanol–water partition coefficient (Wildman–Crippen LogP) is 2.37. The van der Waals surface area contributed by atoms with Gasteiger partial charge in [0.2, 0.25) is 0 Å². The first-order valence-corrected chi connectivity index (χ1v) is 6.79. The number of nitrogens with zero attached hydrogens (tertiary/aromatic N) is 3. The number of hydrogen-bond acceptors (Lipinski definition) is 3. The van der Waals surface area contributed by atoms with Crippen LogP contribution in [-0.2, 0) is 13.0 Å². The lowest BCUT2D eigenvalue weighted by molar-refractivity contribution is 0.239. The van der Waals surface area contributed by atoms with E-state index in [0.29, 0.717) is 5.92 Å². The Morgan fingerprint density at radius 3 is 2.94 bits per heavy atom. The molecule has 0 amide bonds. The van der Waals surface area contributed by atoms with Gasteiger partial charge in [-0.1, -0.05) is 13.8 Å². The van der Waals surface area contributed by atoms with E-state index in [9.17, 15) is 0 Å². The van der Waals surface area contributed by atoms with Gasteiger partial charge in [-0.2, -0.15) is 0 Å². The van der Waals surface area contributed by atoms with Gasteiger partial charge in [0.1, 0.15) is 5.82 Å². The first kappa shape index (κ1) is 11.1. The maximum atomic E-state index is 4.74. The van der Waals surface area contributed by atoms with Gasteiger partial charge in [-0.15, -0.1) is 0 Å². The molecule has 1 saturated carbocycles. The van der Waals surface area contributed by atoms with E-state index in [1.165, 1.54) is 37.2 Å². The van der Waals surface area contributed by atoms with E-state index in [0.717, 1.165) is 24.7 Å². The second kappa shape index (κ2) is 4.37. The fourth-order valence-corrected chi connectivity index (χ4v) is 2.47. The van der Waals surface area contributed by atoms with E-state index in [1.807, 2.05) is 6.20 Å². The molecule has 1 aliphatic heterocycles. The summed E-state index contributed by atoms with van der Waals surface area (Å²) < 4.78 is 0. The van der Waals surface area contributed by atoms with Crippen LogP contribution in [0.15, 0.2) is 6.20 Å². The van der Waals surface area contributed by atoms with Crippen molar-refractivity contribution in [3.63, 3.8) is 0 Å². The molecule has 1 fully saturated rings. The van der Waals surface area contributed by atoms with Crippen molar-refractivity contribution in [3.8, 4) is 0 Å². The number of hydrogen-bond donors (Lipinski definition) is 0. The molecule has 0 bridgehead atoms. The van der Waals surface area contributed by atoms with Crippen LogP contribution in [0.2, 0.25) is 0 Å². The van der Waals surface area contributed by atoms with E-state index < -0.39 is 0 Å². The van der Waals surface area contributed by atoms with E-state index in [2.05, 4.69) is 23.7 Å². The van der Waals surface area contributed by atoms with Gasteiger partial charge in [-0.3, -0.25) is 4.90 Å². The Bertz CT molecular complexity index is 410. The lowest BCUT2D eigenvalue weighted by Gasteiger charge is -2.28. The molecule has 3 nitrogen and oxygen atoms in total. The highest BCUT2D eigenvalue weighted by atomic mass is 15.1. The highest BCUT2D eigenvalue weighted by Crippen LogP contribution is 2.31. The number of rotatable bonds is 3. The van der Waals surface area contributed by atoms with Crippen LogP contribution in [0.5, 0.6) is 0 Å². The average Bonchev–Trinajstić information content (AvgIpc) is 3.12. The van der Waals surface area contributed by atoms with Crippen molar-refractivity contribution in [1.82, 2.24) is 14.9 Å². The molecule has 1 aromatic heterocycles. The average molecular weight is 231 g/mol. The van der Waals surface area contributed by atoms with E-state index >= 15 is 0 Å². The van der Waals surface area contributed by atoms with Gasteiger partial charge < -0.3 is 0 Å². The minimum Gasteiger partial charge on any atom is -0.297 e. The highest BCUT2D eigenvalue weighted by Gasteiger charge is 2.27. The minimum absolute atomic E-state index is 0.430. The van der Waals surface area contributed by atoms with Gasteiger partial charge in [0.05, 0.1) is 5.69 Å². The van der Waals surface area contributed by atoms with Crippen LogP contribution in [-0.4, -0.2) is 28.0 Å². The molecule has 1 aromatic rings. The van der Waals surface area contributed by atoms with E-state index in [1.54, 1.807) is 0 Å². The van der Waals surface area contributed by atoms with Gasteiger partial charge in [-0.05, 0) is 30.7 Å². The van der Waals surface area contributed by atoms with E-state index in [4.69, 9.17) is 4.98 Å². The van der Waals surface area contributed by atoms with Crippen LogP contribution in [0, 0.1) is 5.92 Å². The molecule has 0 saturated heterocycles. The van der Waals surface area contributed by atoms with Gasteiger partial charge in [-0.25, -0.2) is 9.97 Å². The Labute approximate surface area is 103 Å². The van der Waals surface area contributed by atoms with Crippen molar-refractivity contribution >= 4 is 0 Å². The molecule has 0 unspecified atom stereocenters. The van der Waals surface area contributed by atoms with Crippen molar-refractivity contribution in [2.45, 2.75) is 45.6 Å². The smallest absolute Gasteiger partial charge is 0.131 e. The summed E-state index contributed by atoms with van der Waals surface area (Å²) in [5.74, 6) is 2.40. The molecule has 2 aliphatic rings. The summed E-state index contributed by atoms with van der Waals surface area (Å²) in [5.41, 5.74) is 2.64. The summed E-state index contributed by atoms with van der Waals surface area (Å²) in [6, 6.07) is 0. The fraction of sp³-hybridized carbons (Fsp3) is 0.714. The van der Waals surface area contributed by atoms with Crippen LogP contribution in [0.3, 0.4) is 0 Å². The molecule has 0 aromatic carbocycles. The highest BCUT2D eigenvalue weighted by molar-refractivity contribution is 5.21. The van der Waals surface area contributed by atoms with Crippen LogP contribution < -0.4 is 0 Å². The zero-order valence-electron chi connectivity index (χ0n) is 10.8. The van der Waals surface area contributed by atoms with E-state index in [-0.39, 0.29) is 0 Å². The van der Waals surface area contributed by atoms with Crippen molar-refractivity contribution in [1.29, 1.82) is 0 Å². The second-order valence-corrected chi connectivity index (χ2v) is 5.78. The number of aromatic nitrogens is 2. The SMILES string of the molecule is CC(C)c1ncc2c(n1)CN(CC1CC1)CC2. The molecule has 3 rings (SSSR count). The molecule has 0 atom stereocenters. The normalized spacial score (nSPS) is 20.6. The molecule has 17 heavy (non-hydrogen) atoms. The zero-order chi connectivity index (χ0) is 11.8. The van der Waals surface area contributed by atoms with Crippen LogP contribution in [0.25, 0.3) is 0 Å². The minimum atomic E-state index is 0.430. The summed E-state index contributed by atoms with van der Waals surface area (Å²) in [6.45, 7) is 7.82. The molecule has 1 aliphatic carbocycles. The Morgan fingerprint density at radius 1 is 1.41 bits per heavy atom. The lowest BCUT2D eigenvalue weighted by atomic mass is 10.1. The summed E-state index contributed by atoms with van der Waals surface area (Å²) >= 11 is 0. The zero-order valence-corrected chi connectivity index (χ0v) is 10.8. The summed E-state index contributed by atoms with van der Waals surface area (Å²) in [5, 5.41) is 0. The van der Waals surface area contributed by atoms with Crippen LogP contribution >= 0.6 is 0 Å². The molecule has 0 N–H and O–H groups in total. The first-order valence-electron chi connectivity index (χ1n) is 6.79. The molecule has 0 radical (unpaired) electrons. The quantitative estimate of drug-likeness (QED) is 0.799. The van der Waals surface area contributed by atoms with Gasteiger partial charge in [0.25, 0.3) is 0 Å². The topological polar surface area (TPSA) is 29.0 Å². The van der Waals surface area contributed by atoms with Crippen molar-refractivity contribution in [2.24, 2.45) is 5.92 Å². The van der Waals surface area contributed by atoms with Gasteiger partial charge >= 0.3 is 0 Å². The maximum absolute atomic E-state index is 4.74. The largest absolute Gasteiger partial charge is 0.297 e. The van der Waals surface area contributed by atoms with Gasteiger partial charge in [0.15, 0.2) is 0 Å². The molecule has 2 heterocycles. The van der Waals surface area contributed by atoms with Crippen LogP contribution in [0.4, 0.5) is 0 Å². The molecular weight excluding hydrogens is 210 g/mol. The molecule has 92 valence electrons. The molecule has 3 heteroatoms. The van der Waals surface area contributed by atoms with Crippen molar-refractivity contribution < 1.29 is 0 Å². The second-order valence-electron chi connectivity index (χ2n) is 5.78. The van der Waals surface area contributed by atoms with Gasteiger partial charge in [0, 0.05) is 31.7 Å². The monoisotopic (exact) mass is 231 g/mol. The fourth-order valence-electron chi connectivity index (χ4n) is 2.47. The Kier molecular flexibility index (Phi) is 2.87. The predicted molar refractivity (Wildman–Crippen MR) is 67.8 cm³/mol. The Balaban J connectivity index is 1.76. The lowest BCUT2D eigenvalue weighted by Crippen LogP contribution is -2.33. The molecule has 0 spiro atoms. The third-order valence-electron chi connectivity index (χ3n) is 3.77. The van der Waals surface area contributed by atoms with Crippen molar-refractivity contribution in [3.05, 3.63) is 23.3 Å². The standard InChI is InChI=1S/C14H21N3/c1-10(2)14-15-7-12-5-6-17(8-11-3-4-11)9-13(12)16-14/h7,10-11H,3-6,8-9H2,1-2H3. The number of fused-ring (bicyclic) bond motifs is 1.